The van der Waals surface area contributed by atoms with Crippen molar-refractivity contribution in [1.82, 2.24) is 9.99 Å². The summed E-state index contributed by atoms with van der Waals surface area (Å²) in [5, 5.41) is 5.99. The summed E-state index contributed by atoms with van der Waals surface area (Å²) in [6.07, 6.45) is 0. The molecule has 0 fully saturated rings. The molecular formula is C17H19ClN4S. The van der Waals surface area contributed by atoms with Crippen molar-refractivity contribution in [2.75, 3.05) is 5.75 Å². The number of hydrogen-bond acceptors (Lipinski definition) is 3. The summed E-state index contributed by atoms with van der Waals surface area (Å²) in [5.74, 6) is 0.806. The van der Waals surface area contributed by atoms with E-state index < -0.39 is 0 Å². The number of amidine groups is 1. The van der Waals surface area contributed by atoms with Crippen molar-refractivity contribution >= 4 is 39.9 Å². The number of aromatic nitrogens is 1. The maximum Gasteiger partial charge on any atom is 0.182 e. The van der Waals surface area contributed by atoms with Crippen LogP contribution in [0.25, 0.3) is 0 Å². The summed E-state index contributed by atoms with van der Waals surface area (Å²) in [6, 6.07) is 9.70. The van der Waals surface area contributed by atoms with Crippen LogP contribution in [-0.4, -0.2) is 21.2 Å². The summed E-state index contributed by atoms with van der Waals surface area (Å²) in [4.78, 5) is 4.54. The van der Waals surface area contributed by atoms with Crippen LogP contribution in [0.2, 0.25) is 5.02 Å². The van der Waals surface area contributed by atoms with Crippen molar-refractivity contribution in [2.24, 2.45) is 10.1 Å². The standard InChI is InChI=1S/C17H19ClN4S/c1-4-22-11(2)8-15(12(22)3)16-10-23-17(21-20-16)19-14-7-5-6-13(18)9-14/h5-9H,4,10H2,1-3H3,(H,19,21). The quantitative estimate of drug-likeness (QED) is 0.888. The second-order valence-corrected chi connectivity index (χ2v) is 6.79. The third-order valence-corrected chi connectivity index (χ3v) is 4.98. The van der Waals surface area contributed by atoms with Crippen LogP contribution in [0.4, 0.5) is 5.69 Å². The van der Waals surface area contributed by atoms with Gasteiger partial charge in [-0.2, -0.15) is 5.10 Å². The van der Waals surface area contributed by atoms with E-state index in [9.17, 15) is 0 Å². The highest BCUT2D eigenvalue weighted by molar-refractivity contribution is 8.14. The Morgan fingerprint density at radius 1 is 1.35 bits per heavy atom. The molecule has 23 heavy (non-hydrogen) atoms. The zero-order valence-electron chi connectivity index (χ0n) is 13.4. The minimum Gasteiger partial charge on any atom is -0.349 e. The second-order valence-electron chi connectivity index (χ2n) is 5.38. The van der Waals surface area contributed by atoms with Gasteiger partial charge < -0.3 is 4.57 Å². The number of nitrogens with zero attached hydrogens (tertiary/aromatic N) is 3. The Morgan fingerprint density at radius 3 is 2.78 bits per heavy atom. The molecule has 1 aliphatic heterocycles. The highest BCUT2D eigenvalue weighted by Gasteiger charge is 2.18. The normalized spacial score (nSPS) is 16.3. The summed E-state index contributed by atoms with van der Waals surface area (Å²) >= 11 is 7.64. The zero-order valence-corrected chi connectivity index (χ0v) is 15.0. The monoisotopic (exact) mass is 346 g/mol. The van der Waals surface area contributed by atoms with Crippen molar-refractivity contribution in [3.8, 4) is 0 Å². The van der Waals surface area contributed by atoms with Gasteiger partial charge in [0.2, 0.25) is 0 Å². The first-order valence-electron chi connectivity index (χ1n) is 7.55. The Bertz CT molecular complexity index is 792. The summed E-state index contributed by atoms with van der Waals surface area (Å²) in [7, 11) is 0. The Balaban J connectivity index is 1.81. The number of halogens is 1. The molecule has 0 saturated carbocycles. The van der Waals surface area contributed by atoms with Crippen molar-refractivity contribution in [2.45, 2.75) is 27.3 Å². The van der Waals surface area contributed by atoms with E-state index in [0.717, 1.165) is 28.9 Å². The lowest BCUT2D eigenvalue weighted by atomic mass is 10.1. The number of rotatable bonds is 3. The summed E-state index contributed by atoms with van der Waals surface area (Å²) < 4.78 is 2.30. The molecule has 0 atom stereocenters. The number of thioether (sulfide) groups is 1. The van der Waals surface area contributed by atoms with Gasteiger partial charge in [-0.05, 0) is 45.0 Å². The fourth-order valence-electron chi connectivity index (χ4n) is 2.75. The van der Waals surface area contributed by atoms with Gasteiger partial charge in [0, 0.05) is 34.3 Å². The largest absolute Gasteiger partial charge is 0.349 e. The molecule has 0 aliphatic carbocycles. The van der Waals surface area contributed by atoms with Gasteiger partial charge in [0.25, 0.3) is 0 Å². The molecule has 0 amide bonds. The fourth-order valence-corrected chi connectivity index (χ4v) is 3.71. The van der Waals surface area contributed by atoms with Crippen LogP contribution in [0.3, 0.4) is 0 Å². The minimum absolute atomic E-state index is 0.684. The van der Waals surface area contributed by atoms with Crippen LogP contribution in [0.5, 0.6) is 0 Å². The van der Waals surface area contributed by atoms with E-state index >= 15 is 0 Å². The first kappa shape index (κ1) is 16.1. The van der Waals surface area contributed by atoms with Crippen molar-refractivity contribution < 1.29 is 0 Å². The van der Waals surface area contributed by atoms with Crippen LogP contribution in [0, 0.1) is 13.8 Å². The van der Waals surface area contributed by atoms with Crippen LogP contribution >= 0.6 is 23.4 Å². The van der Waals surface area contributed by atoms with E-state index in [4.69, 9.17) is 11.6 Å². The van der Waals surface area contributed by atoms with Crippen LogP contribution < -0.4 is 5.43 Å². The molecule has 2 aromatic rings. The SMILES string of the molecule is CCn1c(C)cc(C2=NNC(=Nc3cccc(Cl)c3)SC2)c1C. The molecule has 0 saturated heterocycles. The molecule has 0 bridgehead atoms. The number of hydrazone groups is 1. The van der Waals surface area contributed by atoms with Gasteiger partial charge in [-0.1, -0.05) is 29.4 Å². The molecule has 4 nitrogen and oxygen atoms in total. The molecule has 1 aliphatic rings. The van der Waals surface area contributed by atoms with Gasteiger partial charge in [-0.3, -0.25) is 5.43 Å². The molecular weight excluding hydrogens is 328 g/mol. The third kappa shape index (κ3) is 3.46. The van der Waals surface area contributed by atoms with E-state index in [1.165, 1.54) is 17.0 Å². The molecule has 1 N–H and O–H groups in total. The molecule has 1 aromatic heterocycles. The third-order valence-electron chi connectivity index (χ3n) is 3.87. The summed E-state index contributed by atoms with van der Waals surface area (Å²) in [6.45, 7) is 7.42. The molecule has 3 rings (SSSR count). The smallest absolute Gasteiger partial charge is 0.182 e. The molecule has 0 spiro atoms. The Morgan fingerprint density at radius 2 is 2.17 bits per heavy atom. The molecule has 2 heterocycles. The average Bonchev–Trinajstić information content (AvgIpc) is 2.82. The predicted octanol–water partition coefficient (Wildman–Crippen LogP) is 4.51. The van der Waals surface area contributed by atoms with E-state index in [1.54, 1.807) is 11.8 Å². The topological polar surface area (TPSA) is 41.7 Å². The number of nitrogens with one attached hydrogen (secondary N) is 1. The average molecular weight is 347 g/mol. The van der Waals surface area contributed by atoms with Crippen LogP contribution in [-0.2, 0) is 6.54 Å². The Hall–Kier alpha value is -1.72. The first-order chi connectivity index (χ1) is 11.1. The van der Waals surface area contributed by atoms with Crippen molar-refractivity contribution in [3.63, 3.8) is 0 Å². The molecule has 1 aromatic carbocycles. The van der Waals surface area contributed by atoms with E-state index in [0.29, 0.717) is 5.02 Å². The maximum atomic E-state index is 5.99. The second kappa shape index (κ2) is 6.81. The Labute approximate surface area is 145 Å². The van der Waals surface area contributed by atoms with E-state index in [1.807, 2.05) is 24.3 Å². The fraction of sp³-hybridized carbons (Fsp3) is 0.294. The highest BCUT2D eigenvalue weighted by Crippen LogP contribution is 2.23. The lowest BCUT2D eigenvalue weighted by Crippen LogP contribution is -2.25. The number of aryl methyl sites for hydroxylation is 1. The summed E-state index contributed by atoms with van der Waals surface area (Å²) in [5.41, 5.74) is 8.70. The number of aliphatic imine (C=N–C) groups is 1. The maximum absolute atomic E-state index is 5.99. The molecule has 6 heteroatoms. The zero-order chi connectivity index (χ0) is 16.4. The van der Waals surface area contributed by atoms with Crippen LogP contribution in [0.1, 0.15) is 23.9 Å². The van der Waals surface area contributed by atoms with E-state index in [2.05, 4.69) is 46.9 Å². The van der Waals surface area contributed by atoms with Crippen molar-refractivity contribution in [3.05, 3.63) is 52.3 Å². The van der Waals surface area contributed by atoms with Crippen LogP contribution in [0.15, 0.2) is 40.4 Å². The lowest BCUT2D eigenvalue weighted by molar-refractivity contribution is 0.718. The predicted molar refractivity (Wildman–Crippen MR) is 100 cm³/mol. The number of hydrogen-bond donors (Lipinski definition) is 1. The minimum atomic E-state index is 0.684. The van der Waals surface area contributed by atoms with Crippen molar-refractivity contribution in [1.29, 1.82) is 0 Å². The number of benzene rings is 1. The molecule has 0 unspecified atom stereocenters. The van der Waals surface area contributed by atoms with Gasteiger partial charge in [0.1, 0.15) is 0 Å². The van der Waals surface area contributed by atoms with Gasteiger partial charge in [0.15, 0.2) is 5.17 Å². The molecule has 120 valence electrons. The Kier molecular flexibility index (Phi) is 4.78. The molecule has 0 radical (unpaired) electrons. The first-order valence-corrected chi connectivity index (χ1v) is 8.91. The van der Waals surface area contributed by atoms with Gasteiger partial charge in [-0.25, -0.2) is 4.99 Å². The highest BCUT2D eigenvalue weighted by atomic mass is 35.5. The van der Waals surface area contributed by atoms with Gasteiger partial charge >= 0.3 is 0 Å². The van der Waals surface area contributed by atoms with Gasteiger partial charge in [-0.15, -0.1) is 0 Å². The van der Waals surface area contributed by atoms with Gasteiger partial charge in [0.05, 0.1) is 11.4 Å². The van der Waals surface area contributed by atoms with E-state index in [-0.39, 0.29) is 0 Å². The lowest BCUT2D eigenvalue weighted by Gasteiger charge is -2.15.